The van der Waals surface area contributed by atoms with Crippen LogP contribution in [0.4, 0.5) is 0 Å². The molecule has 1 aromatic rings. The zero-order chi connectivity index (χ0) is 13.4. The van der Waals surface area contributed by atoms with Gasteiger partial charge < -0.3 is 10.1 Å². The van der Waals surface area contributed by atoms with E-state index in [0.717, 1.165) is 19.4 Å². The fourth-order valence-electron chi connectivity index (χ4n) is 1.81. The lowest BCUT2D eigenvalue weighted by Gasteiger charge is -2.21. The van der Waals surface area contributed by atoms with Crippen LogP contribution in [0.3, 0.4) is 0 Å². The van der Waals surface area contributed by atoms with Crippen LogP contribution >= 0.6 is 0 Å². The zero-order valence-electron chi connectivity index (χ0n) is 11.5. The Morgan fingerprint density at radius 2 is 1.94 bits per heavy atom. The molecule has 0 saturated heterocycles. The van der Waals surface area contributed by atoms with E-state index in [4.69, 9.17) is 4.74 Å². The van der Waals surface area contributed by atoms with Gasteiger partial charge in [-0.25, -0.2) is 0 Å². The van der Waals surface area contributed by atoms with Crippen molar-refractivity contribution in [3.8, 4) is 0 Å². The number of carbonyl (C=O) groups excluding carboxylic acids is 1. The molecular weight excluding hydrogens is 226 g/mol. The van der Waals surface area contributed by atoms with Gasteiger partial charge in [0.1, 0.15) is 0 Å². The van der Waals surface area contributed by atoms with Gasteiger partial charge >= 0.3 is 5.97 Å². The number of aryl methyl sites for hydroxylation is 1. The highest BCUT2D eigenvalue weighted by Crippen LogP contribution is 2.15. The number of rotatable bonds is 7. The predicted octanol–water partition coefficient (Wildman–Crippen LogP) is 2.41. The smallest absolute Gasteiger partial charge is 0.312 e. The van der Waals surface area contributed by atoms with Crippen LogP contribution < -0.4 is 5.32 Å². The highest BCUT2D eigenvalue weighted by Gasteiger charge is 2.27. The molecule has 0 heterocycles. The lowest BCUT2D eigenvalue weighted by molar-refractivity contribution is -0.150. The molecule has 0 radical (unpaired) electrons. The molecule has 0 aliphatic heterocycles. The molecule has 0 aliphatic rings. The summed E-state index contributed by atoms with van der Waals surface area (Å²) in [5.74, 6) is -0.168. The first-order valence-electron chi connectivity index (χ1n) is 6.39. The Morgan fingerprint density at radius 1 is 1.28 bits per heavy atom. The largest absolute Gasteiger partial charge is 0.469 e. The average molecular weight is 249 g/mol. The summed E-state index contributed by atoms with van der Waals surface area (Å²) in [6.07, 6.45) is 2.13. The highest BCUT2D eigenvalue weighted by atomic mass is 16.5. The van der Waals surface area contributed by atoms with Gasteiger partial charge in [-0.1, -0.05) is 30.3 Å². The van der Waals surface area contributed by atoms with Gasteiger partial charge in [-0.3, -0.25) is 4.79 Å². The molecule has 0 saturated carbocycles. The van der Waals surface area contributed by atoms with E-state index in [9.17, 15) is 4.79 Å². The third kappa shape index (κ3) is 4.88. The molecule has 0 unspecified atom stereocenters. The van der Waals surface area contributed by atoms with Crippen LogP contribution in [0.2, 0.25) is 0 Å². The summed E-state index contributed by atoms with van der Waals surface area (Å²) in [7, 11) is 1.43. The van der Waals surface area contributed by atoms with Crippen molar-refractivity contribution in [1.29, 1.82) is 0 Å². The van der Waals surface area contributed by atoms with Crippen LogP contribution in [0, 0.1) is 5.41 Å². The minimum atomic E-state index is -0.457. The van der Waals surface area contributed by atoms with Gasteiger partial charge in [0.05, 0.1) is 12.5 Å². The summed E-state index contributed by atoms with van der Waals surface area (Å²) in [6.45, 7) is 5.34. The first-order valence-corrected chi connectivity index (χ1v) is 6.39. The third-order valence-electron chi connectivity index (χ3n) is 2.97. The van der Waals surface area contributed by atoms with Crippen molar-refractivity contribution in [1.82, 2.24) is 5.32 Å². The molecule has 1 N–H and O–H groups in total. The summed E-state index contributed by atoms with van der Waals surface area (Å²) in [5.41, 5.74) is 0.896. The molecular formula is C15H23NO2. The molecule has 18 heavy (non-hydrogen) atoms. The van der Waals surface area contributed by atoms with E-state index in [0.29, 0.717) is 6.54 Å². The van der Waals surface area contributed by atoms with Crippen molar-refractivity contribution in [2.24, 2.45) is 5.41 Å². The number of methoxy groups -OCH3 is 1. The van der Waals surface area contributed by atoms with Crippen molar-refractivity contribution in [2.45, 2.75) is 26.7 Å². The molecule has 0 amide bonds. The van der Waals surface area contributed by atoms with E-state index in [-0.39, 0.29) is 5.97 Å². The first-order chi connectivity index (χ1) is 8.56. The molecule has 100 valence electrons. The number of nitrogens with one attached hydrogen (secondary N) is 1. The molecule has 0 atom stereocenters. The number of esters is 1. The van der Waals surface area contributed by atoms with Gasteiger partial charge in [-0.15, -0.1) is 0 Å². The topological polar surface area (TPSA) is 38.3 Å². The van der Waals surface area contributed by atoms with Gasteiger partial charge in [0, 0.05) is 6.54 Å². The number of hydrogen-bond acceptors (Lipinski definition) is 3. The van der Waals surface area contributed by atoms with E-state index in [1.807, 2.05) is 19.9 Å². The summed E-state index contributed by atoms with van der Waals surface area (Å²) < 4.78 is 4.76. The molecule has 3 nitrogen and oxygen atoms in total. The Morgan fingerprint density at radius 3 is 2.56 bits per heavy atom. The monoisotopic (exact) mass is 249 g/mol. The SMILES string of the molecule is COC(=O)C(C)(C)CNCCCc1ccccc1. The van der Waals surface area contributed by atoms with Crippen molar-refractivity contribution < 1.29 is 9.53 Å². The van der Waals surface area contributed by atoms with Crippen molar-refractivity contribution >= 4 is 5.97 Å². The van der Waals surface area contributed by atoms with E-state index < -0.39 is 5.41 Å². The molecule has 0 spiro atoms. The minimum Gasteiger partial charge on any atom is -0.469 e. The minimum absolute atomic E-state index is 0.168. The van der Waals surface area contributed by atoms with Crippen LogP contribution in [0.15, 0.2) is 30.3 Å². The zero-order valence-corrected chi connectivity index (χ0v) is 11.5. The molecule has 1 aromatic carbocycles. The summed E-state index contributed by atoms with van der Waals surface area (Å²) in [4.78, 5) is 11.5. The van der Waals surface area contributed by atoms with Crippen LogP contribution in [0.1, 0.15) is 25.8 Å². The van der Waals surface area contributed by atoms with Gasteiger partial charge in [-0.05, 0) is 38.8 Å². The van der Waals surface area contributed by atoms with Crippen LogP contribution in [0.25, 0.3) is 0 Å². The standard InChI is InChI=1S/C15H23NO2/c1-15(2,14(17)18-3)12-16-11-7-10-13-8-5-4-6-9-13/h4-6,8-9,16H,7,10-12H2,1-3H3. The molecule has 3 heteroatoms. The first kappa shape index (κ1) is 14.7. The highest BCUT2D eigenvalue weighted by molar-refractivity contribution is 5.76. The maximum atomic E-state index is 11.5. The lowest BCUT2D eigenvalue weighted by atomic mass is 9.94. The van der Waals surface area contributed by atoms with Gasteiger partial charge in [0.25, 0.3) is 0 Å². The fraction of sp³-hybridized carbons (Fsp3) is 0.533. The molecule has 0 aliphatic carbocycles. The fourth-order valence-corrected chi connectivity index (χ4v) is 1.81. The molecule has 0 fully saturated rings. The molecule has 1 rings (SSSR count). The van der Waals surface area contributed by atoms with E-state index in [1.165, 1.54) is 12.7 Å². The number of benzene rings is 1. The summed E-state index contributed by atoms with van der Waals surface area (Å²) >= 11 is 0. The van der Waals surface area contributed by atoms with E-state index >= 15 is 0 Å². The maximum Gasteiger partial charge on any atom is 0.312 e. The van der Waals surface area contributed by atoms with Crippen LogP contribution in [-0.4, -0.2) is 26.2 Å². The molecule has 0 bridgehead atoms. The number of ether oxygens (including phenoxy) is 1. The van der Waals surface area contributed by atoms with Gasteiger partial charge in [0.15, 0.2) is 0 Å². The number of hydrogen-bond donors (Lipinski definition) is 1. The Hall–Kier alpha value is -1.35. The second-order valence-electron chi connectivity index (χ2n) is 5.14. The maximum absolute atomic E-state index is 11.5. The van der Waals surface area contributed by atoms with Crippen LogP contribution in [-0.2, 0) is 16.0 Å². The third-order valence-corrected chi connectivity index (χ3v) is 2.97. The quantitative estimate of drug-likeness (QED) is 0.595. The Kier molecular flexibility index (Phi) is 5.86. The van der Waals surface area contributed by atoms with Crippen molar-refractivity contribution in [3.05, 3.63) is 35.9 Å². The van der Waals surface area contributed by atoms with Crippen molar-refractivity contribution in [3.63, 3.8) is 0 Å². The predicted molar refractivity (Wildman–Crippen MR) is 73.4 cm³/mol. The van der Waals surface area contributed by atoms with Gasteiger partial charge in [-0.2, -0.15) is 0 Å². The number of carbonyl (C=O) groups is 1. The average Bonchev–Trinajstić information content (AvgIpc) is 2.38. The van der Waals surface area contributed by atoms with Crippen LogP contribution in [0.5, 0.6) is 0 Å². The van der Waals surface area contributed by atoms with E-state index in [1.54, 1.807) is 0 Å². The molecule has 0 aromatic heterocycles. The second kappa shape index (κ2) is 7.17. The van der Waals surface area contributed by atoms with Gasteiger partial charge in [0.2, 0.25) is 0 Å². The van der Waals surface area contributed by atoms with E-state index in [2.05, 4.69) is 29.6 Å². The summed E-state index contributed by atoms with van der Waals surface area (Å²) in [5, 5.41) is 3.31. The second-order valence-corrected chi connectivity index (χ2v) is 5.14. The Bertz CT molecular complexity index is 360. The Balaban J connectivity index is 2.17. The normalized spacial score (nSPS) is 11.3. The summed E-state index contributed by atoms with van der Waals surface area (Å²) in [6, 6.07) is 10.4. The lowest BCUT2D eigenvalue weighted by Crippen LogP contribution is -2.37. The van der Waals surface area contributed by atoms with Crippen molar-refractivity contribution in [2.75, 3.05) is 20.2 Å². The Labute approximate surface area is 110 Å².